The maximum Gasteiger partial charge on any atom is 0.254 e. The van der Waals surface area contributed by atoms with Crippen LogP contribution in [0.2, 0.25) is 0 Å². The quantitative estimate of drug-likeness (QED) is 0.909. The summed E-state index contributed by atoms with van der Waals surface area (Å²) >= 11 is 0. The first kappa shape index (κ1) is 15.5. The van der Waals surface area contributed by atoms with Crippen molar-refractivity contribution < 1.29 is 9.59 Å². The molecule has 6 nitrogen and oxygen atoms in total. The Bertz CT molecular complexity index is 757. The summed E-state index contributed by atoms with van der Waals surface area (Å²) in [5.74, 6) is -0.127. The molecule has 1 unspecified atom stereocenters. The maximum absolute atomic E-state index is 12.8. The van der Waals surface area contributed by atoms with E-state index < -0.39 is 0 Å². The van der Waals surface area contributed by atoms with Crippen molar-refractivity contribution in [2.24, 2.45) is 7.05 Å². The Morgan fingerprint density at radius 2 is 2.26 bits per heavy atom. The van der Waals surface area contributed by atoms with Crippen molar-refractivity contribution in [3.63, 3.8) is 0 Å². The van der Waals surface area contributed by atoms with Gasteiger partial charge >= 0.3 is 0 Å². The fourth-order valence-electron chi connectivity index (χ4n) is 3.36. The van der Waals surface area contributed by atoms with E-state index in [1.807, 2.05) is 27.0 Å². The summed E-state index contributed by atoms with van der Waals surface area (Å²) in [4.78, 5) is 28.3. The van der Waals surface area contributed by atoms with Crippen molar-refractivity contribution >= 4 is 11.7 Å². The summed E-state index contributed by atoms with van der Waals surface area (Å²) in [5.41, 5.74) is 3.71. The van der Waals surface area contributed by atoms with E-state index in [9.17, 15) is 9.59 Å². The third-order valence-electron chi connectivity index (χ3n) is 4.53. The SMILES string of the molecule is CCC(NC(=O)c1c(C)[nH]c2c1C(=O)CCC2)c1ccnn1C. The first-order valence-corrected chi connectivity index (χ1v) is 8.06. The molecule has 1 amide bonds. The van der Waals surface area contributed by atoms with Crippen LogP contribution in [0.1, 0.15) is 70.0 Å². The number of ketones is 1. The van der Waals surface area contributed by atoms with E-state index in [0.717, 1.165) is 36.3 Å². The average Bonchev–Trinajstić information content (AvgIpc) is 3.08. The molecule has 2 aromatic rings. The van der Waals surface area contributed by atoms with Crippen LogP contribution in [0, 0.1) is 6.92 Å². The highest BCUT2D eigenvalue weighted by Crippen LogP contribution is 2.27. The Morgan fingerprint density at radius 3 is 2.91 bits per heavy atom. The van der Waals surface area contributed by atoms with Crippen molar-refractivity contribution in [1.29, 1.82) is 0 Å². The molecule has 2 N–H and O–H groups in total. The molecule has 23 heavy (non-hydrogen) atoms. The van der Waals surface area contributed by atoms with Crippen LogP contribution in [-0.4, -0.2) is 26.5 Å². The van der Waals surface area contributed by atoms with E-state index in [-0.39, 0.29) is 17.7 Å². The number of H-pyrrole nitrogens is 1. The molecule has 122 valence electrons. The standard InChI is InChI=1S/C17H22N4O2/c1-4-11(13-8-9-18-21(13)3)20-17(23)15-10(2)19-12-6-5-7-14(22)16(12)15/h8-9,11,19H,4-7H2,1-3H3,(H,20,23). The minimum atomic E-state index is -0.191. The Kier molecular flexibility index (Phi) is 4.07. The average molecular weight is 314 g/mol. The van der Waals surface area contributed by atoms with Crippen LogP contribution in [0.5, 0.6) is 0 Å². The molecule has 6 heteroatoms. The second-order valence-corrected chi connectivity index (χ2v) is 6.07. The third-order valence-corrected chi connectivity index (χ3v) is 4.53. The number of aromatic amines is 1. The lowest BCUT2D eigenvalue weighted by Crippen LogP contribution is -2.31. The second kappa shape index (κ2) is 6.02. The zero-order chi connectivity index (χ0) is 16.6. The van der Waals surface area contributed by atoms with Gasteiger partial charge in [-0.3, -0.25) is 14.3 Å². The van der Waals surface area contributed by atoms with Gasteiger partial charge in [0, 0.05) is 31.1 Å². The van der Waals surface area contributed by atoms with Gasteiger partial charge in [-0.05, 0) is 32.3 Å². The summed E-state index contributed by atoms with van der Waals surface area (Å²) in [6.45, 7) is 3.87. The summed E-state index contributed by atoms with van der Waals surface area (Å²) in [7, 11) is 1.86. The van der Waals surface area contributed by atoms with Crippen molar-refractivity contribution in [2.45, 2.75) is 45.6 Å². The van der Waals surface area contributed by atoms with E-state index in [1.54, 1.807) is 10.9 Å². The molecule has 1 aliphatic rings. The Balaban J connectivity index is 1.91. The van der Waals surface area contributed by atoms with Crippen LogP contribution >= 0.6 is 0 Å². The molecule has 1 aliphatic carbocycles. The monoisotopic (exact) mass is 314 g/mol. The van der Waals surface area contributed by atoms with Gasteiger partial charge in [0.2, 0.25) is 0 Å². The summed E-state index contributed by atoms with van der Waals surface area (Å²) in [6.07, 6.45) is 4.67. The molecule has 1 atom stereocenters. The number of aryl methyl sites for hydroxylation is 3. The number of aromatic nitrogens is 3. The molecule has 0 bridgehead atoms. The molecular formula is C17H22N4O2. The van der Waals surface area contributed by atoms with Gasteiger partial charge in [-0.25, -0.2) is 0 Å². The van der Waals surface area contributed by atoms with Crippen LogP contribution < -0.4 is 5.32 Å². The lowest BCUT2D eigenvalue weighted by molar-refractivity contribution is 0.0913. The van der Waals surface area contributed by atoms with Crippen molar-refractivity contribution in [3.8, 4) is 0 Å². The van der Waals surface area contributed by atoms with Gasteiger partial charge in [-0.1, -0.05) is 6.92 Å². The van der Waals surface area contributed by atoms with Gasteiger partial charge in [0.15, 0.2) is 5.78 Å². The topological polar surface area (TPSA) is 79.8 Å². The molecule has 3 rings (SSSR count). The molecule has 0 aromatic carbocycles. The molecule has 0 radical (unpaired) electrons. The third kappa shape index (κ3) is 2.69. The number of nitrogens with one attached hydrogen (secondary N) is 2. The fraction of sp³-hybridized carbons (Fsp3) is 0.471. The van der Waals surface area contributed by atoms with Crippen LogP contribution in [-0.2, 0) is 13.5 Å². The predicted molar refractivity (Wildman–Crippen MR) is 86.5 cm³/mol. The van der Waals surface area contributed by atoms with Gasteiger partial charge in [0.05, 0.1) is 22.9 Å². The molecule has 0 spiro atoms. The molecule has 0 aliphatic heterocycles. The highest BCUT2D eigenvalue weighted by atomic mass is 16.2. The number of rotatable bonds is 4. The number of hydrogen-bond acceptors (Lipinski definition) is 3. The minimum absolute atomic E-state index is 0.0642. The number of fused-ring (bicyclic) bond motifs is 1. The Hall–Kier alpha value is -2.37. The smallest absolute Gasteiger partial charge is 0.254 e. The number of Topliss-reactive ketones (excluding diaryl/α,β-unsaturated/α-hetero) is 1. The lowest BCUT2D eigenvalue weighted by Gasteiger charge is -2.18. The Morgan fingerprint density at radius 1 is 1.48 bits per heavy atom. The van der Waals surface area contributed by atoms with Crippen molar-refractivity contribution in [2.75, 3.05) is 0 Å². The van der Waals surface area contributed by atoms with E-state index in [4.69, 9.17) is 0 Å². The summed E-state index contributed by atoms with van der Waals surface area (Å²) in [6, 6.07) is 1.78. The first-order chi connectivity index (χ1) is 11.0. The molecular weight excluding hydrogens is 292 g/mol. The van der Waals surface area contributed by atoms with E-state index >= 15 is 0 Å². The van der Waals surface area contributed by atoms with Gasteiger partial charge < -0.3 is 10.3 Å². The number of hydrogen-bond donors (Lipinski definition) is 2. The number of nitrogens with zero attached hydrogens (tertiary/aromatic N) is 2. The Labute approximate surface area is 135 Å². The van der Waals surface area contributed by atoms with Crippen LogP contribution in [0.4, 0.5) is 0 Å². The molecule has 0 fully saturated rings. The zero-order valence-corrected chi connectivity index (χ0v) is 13.8. The summed E-state index contributed by atoms with van der Waals surface area (Å²) < 4.78 is 1.76. The minimum Gasteiger partial charge on any atom is -0.361 e. The normalized spacial score (nSPS) is 15.3. The largest absolute Gasteiger partial charge is 0.361 e. The van der Waals surface area contributed by atoms with Crippen LogP contribution in [0.15, 0.2) is 12.3 Å². The highest BCUT2D eigenvalue weighted by Gasteiger charge is 2.29. The van der Waals surface area contributed by atoms with Gasteiger partial charge in [0.25, 0.3) is 5.91 Å². The molecule has 0 saturated carbocycles. The van der Waals surface area contributed by atoms with E-state index in [1.165, 1.54) is 0 Å². The lowest BCUT2D eigenvalue weighted by atomic mass is 9.92. The molecule has 2 aromatic heterocycles. The second-order valence-electron chi connectivity index (χ2n) is 6.07. The van der Waals surface area contributed by atoms with Crippen LogP contribution in [0.25, 0.3) is 0 Å². The van der Waals surface area contributed by atoms with Crippen molar-refractivity contribution in [3.05, 3.63) is 40.5 Å². The van der Waals surface area contributed by atoms with E-state index in [2.05, 4.69) is 15.4 Å². The number of carbonyl (C=O) groups excluding carboxylic acids is 2. The maximum atomic E-state index is 12.8. The zero-order valence-electron chi connectivity index (χ0n) is 13.8. The predicted octanol–water partition coefficient (Wildman–Crippen LogP) is 2.46. The van der Waals surface area contributed by atoms with Gasteiger partial charge in [0.1, 0.15) is 0 Å². The van der Waals surface area contributed by atoms with Crippen molar-refractivity contribution in [1.82, 2.24) is 20.1 Å². The molecule has 2 heterocycles. The number of carbonyl (C=O) groups is 2. The van der Waals surface area contributed by atoms with E-state index in [0.29, 0.717) is 17.5 Å². The van der Waals surface area contributed by atoms with Crippen LogP contribution in [0.3, 0.4) is 0 Å². The number of amides is 1. The highest BCUT2D eigenvalue weighted by molar-refractivity contribution is 6.10. The van der Waals surface area contributed by atoms with Gasteiger partial charge in [-0.2, -0.15) is 5.10 Å². The molecule has 0 saturated heterocycles. The summed E-state index contributed by atoms with van der Waals surface area (Å²) in [5, 5.41) is 7.21. The van der Waals surface area contributed by atoms with Gasteiger partial charge in [-0.15, -0.1) is 0 Å². The first-order valence-electron chi connectivity index (χ1n) is 8.06. The fourth-order valence-corrected chi connectivity index (χ4v) is 3.36.